The Kier molecular flexibility index (Phi) is 4.73. The van der Waals surface area contributed by atoms with Gasteiger partial charge in [-0.1, -0.05) is 20.8 Å². The second kappa shape index (κ2) is 6.51. The van der Waals surface area contributed by atoms with Crippen LogP contribution in [0.2, 0.25) is 0 Å². The maximum Gasteiger partial charge on any atom is 0.263 e. The SMILES string of the molecule is CC(C)(C)[C@@H]1CCc2sc(C(=O)N3CCC(C(N)=O)CC3)cc2C1. The molecule has 2 amide bonds. The van der Waals surface area contributed by atoms with E-state index in [1.165, 1.54) is 16.9 Å². The van der Waals surface area contributed by atoms with E-state index in [9.17, 15) is 9.59 Å². The summed E-state index contributed by atoms with van der Waals surface area (Å²) in [6, 6.07) is 2.13. The molecular weight excluding hydrogens is 320 g/mol. The molecule has 2 aliphatic rings. The van der Waals surface area contributed by atoms with E-state index in [-0.39, 0.29) is 17.7 Å². The highest BCUT2D eigenvalue weighted by Crippen LogP contribution is 2.40. The standard InChI is InChI=1S/C19H28N2O2S/c1-19(2,3)14-4-5-15-13(10-14)11-16(24-15)18(23)21-8-6-12(7-9-21)17(20)22/h11-12,14H,4-10H2,1-3H3,(H2,20,22)/t14-/m1/s1. The monoisotopic (exact) mass is 348 g/mol. The van der Waals surface area contributed by atoms with Crippen LogP contribution in [0, 0.1) is 17.3 Å². The second-order valence-electron chi connectivity index (χ2n) is 8.33. The predicted molar refractivity (Wildman–Crippen MR) is 97.1 cm³/mol. The summed E-state index contributed by atoms with van der Waals surface area (Å²) in [5, 5.41) is 0. The smallest absolute Gasteiger partial charge is 0.263 e. The number of amides is 2. The van der Waals surface area contributed by atoms with Crippen LogP contribution in [0.1, 0.15) is 60.1 Å². The Morgan fingerprint density at radius 1 is 1.21 bits per heavy atom. The quantitative estimate of drug-likeness (QED) is 0.892. The lowest BCUT2D eigenvalue weighted by Gasteiger charge is -2.33. The first-order valence-electron chi connectivity index (χ1n) is 8.96. The molecule has 0 spiro atoms. The fraction of sp³-hybridized carbons (Fsp3) is 0.684. The molecule has 24 heavy (non-hydrogen) atoms. The number of nitrogens with two attached hydrogens (primary N) is 1. The third-order valence-corrected chi connectivity index (χ3v) is 6.93. The van der Waals surface area contributed by atoms with E-state index in [2.05, 4.69) is 26.8 Å². The number of carbonyl (C=O) groups is 2. The molecule has 1 aliphatic carbocycles. The van der Waals surface area contributed by atoms with Gasteiger partial charge in [0.1, 0.15) is 0 Å². The molecule has 0 bridgehead atoms. The Balaban J connectivity index is 1.68. The molecule has 3 rings (SSSR count). The molecule has 5 heteroatoms. The van der Waals surface area contributed by atoms with Crippen molar-refractivity contribution < 1.29 is 9.59 Å². The van der Waals surface area contributed by atoms with E-state index >= 15 is 0 Å². The van der Waals surface area contributed by atoms with Crippen LogP contribution in [0.5, 0.6) is 0 Å². The molecule has 1 aliphatic heterocycles. The zero-order chi connectivity index (χ0) is 17.5. The van der Waals surface area contributed by atoms with Gasteiger partial charge >= 0.3 is 0 Å². The highest BCUT2D eigenvalue weighted by Gasteiger charge is 2.32. The summed E-state index contributed by atoms with van der Waals surface area (Å²) >= 11 is 1.67. The minimum Gasteiger partial charge on any atom is -0.369 e. The molecule has 1 fully saturated rings. The number of thiophene rings is 1. The first kappa shape index (κ1) is 17.5. The molecule has 0 saturated carbocycles. The van der Waals surface area contributed by atoms with Crippen molar-refractivity contribution in [2.75, 3.05) is 13.1 Å². The minimum absolute atomic E-state index is 0.0712. The first-order chi connectivity index (χ1) is 11.3. The molecule has 0 unspecified atom stereocenters. The highest BCUT2D eigenvalue weighted by atomic mass is 32.1. The lowest BCUT2D eigenvalue weighted by atomic mass is 9.72. The first-order valence-corrected chi connectivity index (χ1v) is 9.77. The van der Waals surface area contributed by atoms with Gasteiger partial charge in [0, 0.05) is 23.9 Å². The molecule has 2 heterocycles. The lowest BCUT2D eigenvalue weighted by molar-refractivity contribution is -0.123. The number of likely N-dealkylation sites (tertiary alicyclic amines) is 1. The average molecular weight is 349 g/mol. The van der Waals surface area contributed by atoms with E-state index in [0.717, 1.165) is 17.7 Å². The van der Waals surface area contributed by atoms with Gasteiger partial charge in [-0.3, -0.25) is 9.59 Å². The number of carbonyl (C=O) groups excluding carboxylic acids is 2. The Bertz CT molecular complexity index is 636. The summed E-state index contributed by atoms with van der Waals surface area (Å²) in [6.45, 7) is 8.21. The molecule has 132 valence electrons. The zero-order valence-electron chi connectivity index (χ0n) is 14.9. The van der Waals surface area contributed by atoms with Crippen LogP contribution < -0.4 is 5.73 Å². The second-order valence-corrected chi connectivity index (χ2v) is 9.47. The Labute approximate surface area is 148 Å². The van der Waals surface area contributed by atoms with Crippen LogP contribution in [0.4, 0.5) is 0 Å². The number of aryl methyl sites for hydroxylation is 1. The van der Waals surface area contributed by atoms with Crippen molar-refractivity contribution in [3.63, 3.8) is 0 Å². The number of hydrogen-bond acceptors (Lipinski definition) is 3. The number of fused-ring (bicyclic) bond motifs is 1. The van der Waals surface area contributed by atoms with Crippen molar-refractivity contribution in [3.05, 3.63) is 21.4 Å². The number of hydrogen-bond donors (Lipinski definition) is 1. The van der Waals surface area contributed by atoms with Crippen LogP contribution in [-0.4, -0.2) is 29.8 Å². The largest absolute Gasteiger partial charge is 0.369 e. The van der Waals surface area contributed by atoms with Gasteiger partial charge in [0.15, 0.2) is 0 Å². The van der Waals surface area contributed by atoms with Crippen molar-refractivity contribution in [2.45, 2.75) is 52.9 Å². The zero-order valence-corrected chi connectivity index (χ0v) is 15.7. The normalized spacial score (nSPS) is 22.3. The van der Waals surface area contributed by atoms with E-state index < -0.39 is 0 Å². The molecule has 0 aromatic carbocycles. The average Bonchev–Trinajstić information content (AvgIpc) is 2.96. The number of piperidine rings is 1. The van der Waals surface area contributed by atoms with E-state index in [0.29, 0.717) is 37.3 Å². The van der Waals surface area contributed by atoms with Crippen LogP contribution in [0.25, 0.3) is 0 Å². The predicted octanol–water partition coefficient (Wildman–Crippen LogP) is 3.24. The fourth-order valence-corrected chi connectivity index (χ4v) is 5.07. The number of nitrogens with zero attached hydrogens (tertiary/aromatic N) is 1. The van der Waals surface area contributed by atoms with E-state index in [1.807, 2.05) is 4.90 Å². The van der Waals surface area contributed by atoms with Gasteiger partial charge in [-0.25, -0.2) is 0 Å². The molecule has 4 nitrogen and oxygen atoms in total. The van der Waals surface area contributed by atoms with Gasteiger partial charge in [0.2, 0.25) is 5.91 Å². The maximum atomic E-state index is 12.8. The van der Waals surface area contributed by atoms with Gasteiger partial charge in [0.05, 0.1) is 4.88 Å². The van der Waals surface area contributed by atoms with Gasteiger partial charge in [-0.05, 0) is 55.1 Å². The molecule has 1 aromatic heterocycles. The van der Waals surface area contributed by atoms with Crippen molar-refractivity contribution in [1.82, 2.24) is 4.90 Å². The van der Waals surface area contributed by atoms with Crippen LogP contribution in [-0.2, 0) is 17.6 Å². The number of rotatable bonds is 2. The van der Waals surface area contributed by atoms with Crippen LogP contribution >= 0.6 is 11.3 Å². The molecule has 2 N–H and O–H groups in total. The fourth-order valence-electron chi connectivity index (χ4n) is 3.89. The van der Waals surface area contributed by atoms with Gasteiger partial charge < -0.3 is 10.6 Å². The summed E-state index contributed by atoms with van der Waals surface area (Å²) < 4.78 is 0. The van der Waals surface area contributed by atoms with Crippen LogP contribution in [0.15, 0.2) is 6.07 Å². The van der Waals surface area contributed by atoms with Gasteiger partial charge in [0.25, 0.3) is 5.91 Å². The van der Waals surface area contributed by atoms with Crippen molar-refractivity contribution >= 4 is 23.2 Å². The molecular formula is C19H28N2O2S. The summed E-state index contributed by atoms with van der Waals surface area (Å²) in [5.41, 5.74) is 7.07. The Hall–Kier alpha value is -1.36. The summed E-state index contributed by atoms with van der Waals surface area (Å²) in [7, 11) is 0. The third kappa shape index (κ3) is 3.51. The van der Waals surface area contributed by atoms with Crippen molar-refractivity contribution in [3.8, 4) is 0 Å². The summed E-state index contributed by atoms with van der Waals surface area (Å²) in [4.78, 5) is 28.2. The van der Waals surface area contributed by atoms with Gasteiger partial charge in [-0.2, -0.15) is 0 Å². The third-order valence-electron chi connectivity index (χ3n) is 5.70. The lowest BCUT2D eigenvalue weighted by Crippen LogP contribution is -2.41. The highest BCUT2D eigenvalue weighted by molar-refractivity contribution is 7.14. The summed E-state index contributed by atoms with van der Waals surface area (Å²) in [5.74, 6) is 0.513. The van der Waals surface area contributed by atoms with Crippen LogP contribution in [0.3, 0.4) is 0 Å². The molecule has 1 atom stereocenters. The van der Waals surface area contributed by atoms with E-state index in [4.69, 9.17) is 5.73 Å². The summed E-state index contributed by atoms with van der Waals surface area (Å²) in [6.07, 6.45) is 4.79. The molecule has 1 aromatic rings. The Morgan fingerprint density at radius 2 is 1.88 bits per heavy atom. The minimum atomic E-state index is -0.234. The topological polar surface area (TPSA) is 63.4 Å². The maximum absolute atomic E-state index is 12.8. The van der Waals surface area contributed by atoms with E-state index in [1.54, 1.807) is 11.3 Å². The Morgan fingerprint density at radius 3 is 2.46 bits per heavy atom. The molecule has 0 radical (unpaired) electrons. The van der Waals surface area contributed by atoms with Gasteiger partial charge in [-0.15, -0.1) is 11.3 Å². The van der Waals surface area contributed by atoms with Crippen molar-refractivity contribution in [1.29, 1.82) is 0 Å². The van der Waals surface area contributed by atoms with Crippen molar-refractivity contribution in [2.24, 2.45) is 23.0 Å². The molecule has 1 saturated heterocycles. The number of primary amides is 1.